The average molecular weight is 289 g/mol. The van der Waals surface area contributed by atoms with Gasteiger partial charge in [-0.25, -0.2) is 9.59 Å². The molecule has 0 bridgehead atoms. The second-order valence-electron chi connectivity index (χ2n) is 5.82. The molecule has 2 N–H and O–H groups in total. The lowest BCUT2D eigenvalue weighted by molar-refractivity contribution is 0.0979. The number of rotatable bonds is 1. The molecule has 1 amide bonds. The molecule has 1 aromatic heterocycles. The molecule has 2 heterocycles. The van der Waals surface area contributed by atoms with E-state index in [9.17, 15) is 9.59 Å². The van der Waals surface area contributed by atoms with Gasteiger partial charge in [0.2, 0.25) is 0 Å². The minimum Gasteiger partial charge on any atom is -0.465 e. The normalized spacial score (nSPS) is 22.7. The molecule has 2 atom stereocenters. The summed E-state index contributed by atoms with van der Waals surface area (Å²) < 4.78 is 1.79. The zero-order chi connectivity index (χ0) is 15.1. The molecule has 112 valence electrons. The molecule has 0 spiro atoms. The summed E-state index contributed by atoms with van der Waals surface area (Å²) in [6.45, 7) is 4.36. The number of nitrogens with one attached hydrogen (secondary N) is 1. The number of aryl methyl sites for hydroxylation is 1. The van der Waals surface area contributed by atoms with E-state index in [1.165, 1.54) is 4.90 Å². The first-order valence-electron chi connectivity index (χ1n) is 7.18. The quantitative estimate of drug-likeness (QED) is 0.845. The van der Waals surface area contributed by atoms with Crippen LogP contribution in [0, 0.1) is 6.92 Å². The number of carbonyl (C=O) groups is 1. The van der Waals surface area contributed by atoms with Gasteiger partial charge in [-0.3, -0.25) is 4.57 Å². The first kappa shape index (κ1) is 13.7. The van der Waals surface area contributed by atoms with Crippen molar-refractivity contribution >= 4 is 17.1 Å². The standard InChI is InChI=1S/C15H19N3O3/c1-9-3-4-12-13(7-9)18(14(19)16-12)11-5-6-17(15(20)21)10(2)8-11/h3-4,7,10-11H,5-6,8H2,1-2H3,(H,16,19)(H,20,21). The topological polar surface area (TPSA) is 78.3 Å². The maximum atomic E-state index is 12.2. The number of hydrogen-bond acceptors (Lipinski definition) is 2. The number of likely N-dealkylation sites (tertiary alicyclic amines) is 1. The number of nitrogens with zero attached hydrogens (tertiary/aromatic N) is 2. The molecule has 2 unspecified atom stereocenters. The molecule has 1 fully saturated rings. The molecular weight excluding hydrogens is 270 g/mol. The molecule has 1 aromatic carbocycles. The summed E-state index contributed by atoms with van der Waals surface area (Å²) in [7, 11) is 0. The Balaban J connectivity index is 1.98. The highest BCUT2D eigenvalue weighted by Gasteiger charge is 2.30. The van der Waals surface area contributed by atoms with Crippen LogP contribution in [-0.4, -0.2) is 38.2 Å². The Hall–Kier alpha value is -2.24. The number of amides is 1. The summed E-state index contributed by atoms with van der Waals surface area (Å²) >= 11 is 0. The molecule has 21 heavy (non-hydrogen) atoms. The number of piperidine rings is 1. The lowest BCUT2D eigenvalue weighted by Crippen LogP contribution is -2.45. The number of imidazole rings is 1. The van der Waals surface area contributed by atoms with Crippen LogP contribution >= 0.6 is 0 Å². The molecule has 6 heteroatoms. The number of fused-ring (bicyclic) bond motifs is 1. The third-order valence-corrected chi connectivity index (χ3v) is 4.33. The zero-order valence-corrected chi connectivity index (χ0v) is 12.2. The van der Waals surface area contributed by atoms with Crippen molar-refractivity contribution < 1.29 is 9.90 Å². The molecule has 0 radical (unpaired) electrons. The Kier molecular flexibility index (Phi) is 3.23. The molecule has 1 aliphatic heterocycles. The van der Waals surface area contributed by atoms with E-state index in [1.54, 1.807) is 4.57 Å². The van der Waals surface area contributed by atoms with Crippen LogP contribution in [0.1, 0.15) is 31.4 Å². The van der Waals surface area contributed by atoms with E-state index >= 15 is 0 Å². The highest BCUT2D eigenvalue weighted by Crippen LogP contribution is 2.28. The van der Waals surface area contributed by atoms with E-state index in [4.69, 9.17) is 5.11 Å². The van der Waals surface area contributed by atoms with Gasteiger partial charge >= 0.3 is 11.8 Å². The molecule has 2 aromatic rings. The first-order valence-corrected chi connectivity index (χ1v) is 7.18. The van der Waals surface area contributed by atoms with Crippen molar-refractivity contribution in [2.45, 2.75) is 38.8 Å². The van der Waals surface area contributed by atoms with Gasteiger partial charge in [0, 0.05) is 18.6 Å². The molecule has 0 saturated carbocycles. The molecule has 1 aliphatic rings. The fourth-order valence-electron chi connectivity index (χ4n) is 3.26. The van der Waals surface area contributed by atoms with Crippen LogP contribution in [0.15, 0.2) is 23.0 Å². The highest BCUT2D eigenvalue weighted by atomic mass is 16.4. The van der Waals surface area contributed by atoms with Gasteiger partial charge in [-0.15, -0.1) is 0 Å². The van der Waals surface area contributed by atoms with E-state index in [0.717, 1.165) is 16.6 Å². The van der Waals surface area contributed by atoms with Gasteiger partial charge < -0.3 is 15.0 Å². The Morgan fingerprint density at radius 2 is 2.19 bits per heavy atom. The Bertz CT molecular complexity index is 746. The van der Waals surface area contributed by atoms with Crippen molar-refractivity contribution in [2.24, 2.45) is 0 Å². The maximum Gasteiger partial charge on any atom is 0.407 e. The van der Waals surface area contributed by atoms with Gasteiger partial charge in [-0.2, -0.15) is 0 Å². The van der Waals surface area contributed by atoms with Crippen molar-refractivity contribution in [3.63, 3.8) is 0 Å². The summed E-state index contributed by atoms with van der Waals surface area (Å²) in [5, 5.41) is 9.14. The lowest BCUT2D eigenvalue weighted by atomic mass is 9.98. The monoisotopic (exact) mass is 289 g/mol. The van der Waals surface area contributed by atoms with Gasteiger partial charge in [0.25, 0.3) is 0 Å². The number of carboxylic acid groups (broad SMARTS) is 1. The highest BCUT2D eigenvalue weighted by molar-refractivity contribution is 5.76. The average Bonchev–Trinajstić information content (AvgIpc) is 2.73. The minimum atomic E-state index is -0.886. The van der Waals surface area contributed by atoms with Crippen molar-refractivity contribution in [2.75, 3.05) is 6.54 Å². The summed E-state index contributed by atoms with van der Waals surface area (Å²) in [4.78, 5) is 27.7. The number of H-pyrrole nitrogens is 1. The summed E-state index contributed by atoms with van der Waals surface area (Å²) in [6.07, 6.45) is 0.438. The van der Waals surface area contributed by atoms with Crippen LogP contribution in [0.5, 0.6) is 0 Å². The van der Waals surface area contributed by atoms with Crippen molar-refractivity contribution in [3.8, 4) is 0 Å². The third kappa shape index (κ3) is 2.30. The van der Waals surface area contributed by atoms with Gasteiger partial charge in [-0.05, 0) is 44.4 Å². The largest absolute Gasteiger partial charge is 0.465 e. The predicted octanol–water partition coefficient (Wildman–Crippen LogP) is 2.34. The summed E-state index contributed by atoms with van der Waals surface area (Å²) in [5.74, 6) is 0. The van der Waals surface area contributed by atoms with Crippen LogP contribution in [0.25, 0.3) is 11.0 Å². The fraction of sp³-hybridized carbons (Fsp3) is 0.467. The second kappa shape index (κ2) is 4.95. The predicted molar refractivity (Wildman–Crippen MR) is 79.8 cm³/mol. The molecule has 0 aliphatic carbocycles. The Labute approximate surface area is 122 Å². The smallest absolute Gasteiger partial charge is 0.407 e. The minimum absolute atomic E-state index is 0.0404. The lowest BCUT2D eigenvalue weighted by Gasteiger charge is -2.36. The molecule has 1 saturated heterocycles. The van der Waals surface area contributed by atoms with Crippen molar-refractivity contribution in [1.82, 2.24) is 14.5 Å². The summed E-state index contributed by atoms with van der Waals surface area (Å²) in [5.41, 5.74) is 2.72. The third-order valence-electron chi connectivity index (χ3n) is 4.33. The second-order valence-corrected chi connectivity index (χ2v) is 5.82. The van der Waals surface area contributed by atoms with Crippen molar-refractivity contribution in [1.29, 1.82) is 0 Å². The van der Waals surface area contributed by atoms with E-state index in [2.05, 4.69) is 4.98 Å². The molecular formula is C15H19N3O3. The van der Waals surface area contributed by atoms with Gasteiger partial charge in [0.15, 0.2) is 0 Å². The van der Waals surface area contributed by atoms with Crippen LogP contribution in [0.2, 0.25) is 0 Å². The van der Waals surface area contributed by atoms with Crippen molar-refractivity contribution in [3.05, 3.63) is 34.2 Å². The van der Waals surface area contributed by atoms with E-state index in [0.29, 0.717) is 19.4 Å². The van der Waals surface area contributed by atoms with Crippen LogP contribution in [0.3, 0.4) is 0 Å². The maximum absolute atomic E-state index is 12.2. The van der Waals surface area contributed by atoms with Gasteiger partial charge in [0.1, 0.15) is 0 Å². The first-order chi connectivity index (χ1) is 9.97. The summed E-state index contributed by atoms with van der Waals surface area (Å²) in [6, 6.07) is 5.85. The number of hydrogen-bond donors (Lipinski definition) is 2. The number of aromatic amines is 1. The Morgan fingerprint density at radius 1 is 1.43 bits per heavy atom. The number of aromatic nitrogens is 2. The van der Waals surface area contributed by atoms with E-state index in [1.807, 2.05) is 32.0 Å². The van der Waals surface area contributed by atoms with Crippen LogP contribution in [0.4, 0.5) is 4.79 Å². The number of benzene rings is 1. The zero-order valence-electron chi connectivity index (χ0n) is 12.2. The molecule has 6 nitrogen and oxygen atoms in total. The van der Waals surface area contributed by atoms with Crippen LogP contribution < -0.4 is 5.69 Å². The van der Waals surface area contributed by atoms with E-state index < -0.39 is 6.09 Å². The SMILES string of the molecule is Cc1ccc2[nH]c(=O)n(C3CCN(C(=O)O)C(C)C3)c2c1. The van der Waals surface area contributed by atoms with Gasteiger partial charge in [0.05, 0.1) is 11.0 Å². The van der Waals surface area contributed by atoms with Crippen LogP contribution in [-0.2, 0) is 0 Å². The fourth-order valence-corrected chi connectivity index (χ4v) is 3.26. The molecule has 3 rings (SSSR count). The van der Waals surface area contributed by atoms with Gasteiger partial charge in [-0.1, -0.05) is 6.07 Å². The Morgan fingerprint density at radius 3 is 2.86 bits per heavy atom. The van der Waals surface area contributed by atoms with E-state index in [-0.39, 0.29) is 17.8 Å².